The molecule has 0 aliphatic heterocycles. The predicted molar refractivity (Wildman–Crippen MR) is 105 cm³/mol. The van der Waals surface area contributed by atoms with E-state index in [4.69, 9.17) is 5.73 Å². The van der Waals surface area contributed by atoms with E-state index in [0.717, 1.165) is 28.5 Å². The molecule has 0 spiro atoms. The molecule has 3 rings (SSSR count). The van der Waals surface area contributed by atoms with Crippen molar-refractivity contribution in [2.75, 3.05) is 12.0 Å². The molecule has 1 heterocycles. The summed E-state index contributed by atoms with van der Waals surface area (Å²) >= 11 is 0. The summed E-state index contributed by atoms with van der Waals surface area (Å²) in [6.07, 6.45) is 3.02. The summed E-state index contributed by atoms with van der Waals surface area (Å²) in [6, 6.07) is 14.8. The van der Waals surface area contributed by atoms with Crippen LogP contribution in [0, 0.1) is 0 Å². The monoisotopic (exact) mass is 386 g/mol. The van der Waals surface area contributed by atoms with Crippen LogP contribution in [0.3, 0.4) is 0 Å². The number of nitrogens with two attached hydrogens (primary N) is 1. The van der Waals surface area contributed by atoms with Gasteiger partial charge in [-0.2, -0.15) is 0 Å². The molecule has 1 aromatic heterocycles. The van der Waals surface area contributed by atoms with Crippen LogP contribution in [-0.4, -0.2) is 41.9 Å². The summed E-state index contributed by atoms with van der Waals surface area (Å²) in [7, 11) is -3.13. The molecule has 8 heteroatoms. The van der Waals surface area contributed by atoms with Gasteiger partial charge in [0.05, 0.1) is 22.8 Å². The van der Waals surface area contributed by atoms with Crippen LogP contribution in [0.25, 0.3) is 16.7 Å². The van der Waals surface area contributed by atoms with Gasteiger partial charge in [-0.15, -0.1) is 0 Å². The van der Waals surface area contributed by atoms with E-state index >= 15 is 0 Å². The van der Waals surface area contributed by atoms with Crippen LogP contribution < -0.4 is 11.1 Å². The van der Waals surface area contributed by atoms with E-state index in [-0.39, 0.29) is 18.1 Å². The number of carbonyl (C=O) groups excluding carboxylic acids is 1. The van der Waals surface area contributed by atoms with Crippen LogP contribution in [-0.2, 0) is 21.2 Å². The van der Waals surface area contributed by atoms with Gasteiger partial charge in [-0.1, -0.05) is 24.3 Å². The topological polar surface area (TPSA) is 107 Å². The number of fused-ring (bicyclic) bond motifs is 1. The van der Waals surface area contributed by atoms with Gasteiger partial charge in [0.2, 0.25) is 5.91 Å². The van der Waals surface area contributed by atoms with E-state index in [1.165, 1.54) is 0 Å². The molecule has 3 aromatic rings. The second-order valence-corrected chi connectivity index (χ2v) is 8.77. The largest absolute Gasteiger partial charge is 0.351 e. The number of hydrogen-bond donors (Lipinski definition) is 2. The first-order valence-electron chi connectivity index (χ1n) is 8.56. The van der Waals surface area contributed by atoms with E-state index in [2.05, 4.69) is 10.3 Å². The third-order valence-electron chi connectivity index (χ3n) is 4.27. The Kier molecular flexibility index (Phi) is 5.57. The zero-order chi connectivity index (χ0) is 19.4. The average molecular weight is 386 g/mol. The van der Waals surface area contributed by atoms with Crippen molar-refractivity contribution in [2.24, 2.45) is 5.73 Å². The van der Waals surface area contributed by atoms with Crippen LogP contribution in [0.15, 0.2) is 54.9 Å². The van der Waals surface area contributed by atoms with Gasteiger partial charge in [0, 0.05) is 18.5 Å². The van der Waals surface area contributed by atoms with Crippen LogP contribution in [0.1, 0.15) is 12.0 Å². The summed E-state index contributed by atoms with van der Waals surface area (Å²) in [5, 5.41) is 2.74. The minimum atomic E-state index is -3.13. The Morgan fingerprint density at radius 1 is 1.19 bits per heavy atom. The molecule has 1 unspecified atom stereocenters. The number of para-hydroxylation sites is 2. The number of nitrogens with zero attached hydrogens (tertiary/aromatic N) is 2. The highest BCUT2D eigenvalue weighted by molar-refractivity contribution is 7.90. The van der Waals surface area contributed by atoms with Gasteiger partial charge in [0.25, 0.3) is 0 Å². The van der Waals surface area contributed by atoms with Crippen molar-refractivity contribution in [3.05, 3.63) is 60.4 Å². The lowest BCUT2D eigenvalue weighted by Crippen LogP contribution is -2.41. The Labute approximate surface area is 158 Å². The fraction of sp³-hybridized carbons (Fsp3) is 0.263. The number of hydrogen-bond acceptors (Lipinski definition) is 5. The van der Waals surface area contributed by atoms with E-state index in [1.807, 2.05) is 53.1 Å². The number of rotatable bonds is 7. The number of imidazole rings is 1. The number of nitrogens with one attached hydrogen (secondary N) is 1. The maximum Gasteiger partial charge on any atom is 0.237 e. The van der Waals surface area contributed by atoms with Crippen molar-refractivity contribution < 1.29 is 13.2 Å². The highest BCUT2D eigenvalue weighted by atomic mass is 32.2. The highest BCUT2D eigenvalue weighted by Crippen LogP contribution is 2.18. The summed E-state index contributed by atoms with van der Waals surface area (Å²) in [6.45, 7) is 0.330. The quantitative estimate of drug-likeness (QED) is 0.638. The van der Waals surface area contributed by atoms with Gasteiger partial charge >= 0.3 is 0 Å². The summed E-state index contributed by atoms with van der Waals surface area (Å²) < 4.78 is 24.3. The van der Waals surface area contributed by atoms with Crippen LogP contribution in [0.4, 0.5) is 0 Å². The normalized spacial score (nSPS) is 12.8. The predicted octanol–water partition coefficient (Wildman–Crippen LogP) is 1.40. The lowest BCUT2D eigenvalue weighted by Gasteiger charge is -2.12. The second-order valence-electron chi connectivity index (χ2n) is 6.51. The average Bonchev–Trinajstić information content (AvgIpc) is 3.08. The molecule has 0 saturated heterocycles. The van der Waals surface area contributed by atoms with Gasteiger partial charge in [0.1, 0.15) is 16.2 Å². The molecule has 0 radical (unpaired) electrons. The number of carbonyl (C=O) groups is 1. The highest BCUT2D eigenvalue weighted by Gasteiger charge is 2.15. The SMILES string of the molecule is CS(=O)(=O)CCC(N)C(=O)NCc1ccc(-n2cnc3ccccc32)cc1. The van der Waals surface area contributed by atoms with Gasteiger partial charge < -0.3 is 11.1 Å². The third kappa shape index (κ3) is 4.93. The molecule has 1 atom stereocenters. The van der Waals surface area contributed by atoms with E-state index in [1.54, 1.807) is 6.33 Å². The molecule has 3 N–H and O–H groups in total. The first-order valence-corrected chi connectivity index (χ1v) is 10.6. The molecule has 1 amide bonds. The van der Waals surface area contributed by atoms with Crippen LogP contribution in [0.2, 0.25) is 0 Å². The molecular formula is C19H22N4O3S. The van der Waals surface area contributed by atoms with Crippen LogP contribution in [0.5, 0.6) is 0 Å². The molecule has 0 aliphatic carbocycles. The molecule has 27 heavy (non-hydrogen) atoms. The van der Waals surface area contributed by atoms with Crippen LogP contribution >= 0.6 is 0 Å². The molecule has 0 aliphatic rings. The Bertz CT molecular complexity index is 1040. The molecule has 7 nitrogen and oxygen atoms in total. The number of amides is 1. The zero-order valence-electron chi connectivity index (χ0n) is 15.0. The number of sulfone groups is 1. The number of aromatic nitrogens is 2. The Balaban J connectivity index is 1.60. The fourth-order valence-corrected chi connectivity index (χ4v) is 3.41. The van der Waals surface area contributed by atoms with Crippen molar-refractivity contribution in [1.29, 1.82) is 0 Å². The van der Waals surface area contributed by atoms with E-state index < -0.39 is 15.9 Å². The van der Waals surface area contributed by atoms with Crippen molar-refractivity contribution in [3.63, 3.8) is 0 Å². The van der Waals surface area contributed by atoms with Gasteiger partial charge in [-0.25, -0.2) is 13.4 Å². The fourth-order valence-electron chi connectivity index (χ4n) is 2.73. The molecule has 2 aromatic carbocycles. The minimum Gasteiger partial charge on any atom is -0.351 e. The standard InChI is InChI=1S/C19H22N4O3S/c1-27(25,26)11-10-16(20)19(24)21-12-14-6-8-15(9-7-14)23-13-22-17-4-2-3-5-18(17)23/h2-9,13,16H,10-12,20H2,1H3,(H,21,24). The first kappa shape index (κ1) is 19.1. The Hall–Kier alpha value is -2.71. The molecule has 0 fully saturated rings. The molecular weight excluding hydrogens is 364 g/mol. The van der Waals surface area contributed by atoms with Crippen molar-refractivity contribution in [1.82, 2.24) is 14.9 Å². The maximum atomic E-state index is 12.0. The molecule has 142 valence electrons. The first-order chi connectivity index (χ1) is 12.8. The maximum absolute atomic E-state index is 12.0. The smallest absolute Gasteiger partial charge is 0.237 e. The van der Waals surface area contributed by atoms with E-state index in [9.17, 15) is 13.2 Å². The summed E-state index contributed by atoms with van der Waals surface area (Å²) in [4.78, 5) is 16.4. The Morgan fingerprint density at radius 2 is 1.89 bits per heavy atom. The van der Waals surface area contributed by atoms with Crippen molar-refractivity contribution in [3.8, 4) is 5.69 Å². The zero-order valence-corrected chi connectivity index (χ0v) is 15.8. The van der Waals surface area contributed by atoms with Gasteiger partial charge in [-0.05, 0) is 36.2 Å². The van der Waals surface area contributed by atoms with E-state index in [0.29, 0.717) is 6.54 Å². The van der Waals surface area contributed by atoms with Gasteiger partial charge in [-0.3, -0.25) is 9.36 Å². The lowest BCUT2D eigenvalue weighted by atomic mass is 10.2. The lowest BCUT2D eigenvalue weighted by molar-refractivity contribution is -0.122. The second kappa shape index (κ2) is 7.89. The minimum absolute atomic E-state index is 0.102. The summed E-state index contributed by atoms with van der Waals surface area (Å²) in [5.74, 6) is -0.460. The molecule has 0 bridgehead atoms. The summed E-state index contributed by atoms with van der Waals surface area (Å²) in [5.41, 5.74) is 9.59. The number of benzene rings is 2. The Morgan fingerprint density at radius 3 is 2.59 bits per heavy atom. The van der Waals surface area contributed by atoms with Crippen molar-refractivity contribution in [2.45, 2.75) is 19.0 Å². The third-order valence-corrected chi connectivity index (χ3v) is 5.25. The molecule has 0 saturated carbocycles. The van der Waals surface area contributed by atoms with Gasteiger partial charge in [0.15, 0.2) is 0 Å². The van der Waals surface area contributed by atoms with Crippen molar-refractivity contribution >= 4 is 26.8 Å².